The van der Waals surface area contributed by atoms with Crippen LogP contribution in [-0.4, -0.2) is 22.1 Å². The van der Waals surface area contributed by atoms with E-state index in [4.69, 9.17) is 0 Å². The molecule has 16 heavy (non-hydrogen) atoms. The van der Waals surface area contributed by atoms with Crippen molar-refractivity contribution in [2.75, 3.05) is 10.7 Å². The summed E-state index contributed by atoms with van der Waals surface area (Å²) in [5, 5.41) is 4.47. The zero-order valence-corrected chi connectivity index (χ0v) is 13.3. The van der Waals surface area contributed by atoms with E-state index in [0.29, 0.717) is 0 Å². The predicted molar refractivity (Wildman–Crippen MR) is 77.2 cm³/mol. The Morgan fingerprint density at radius 3 is 2.50 bits per heavy atom. The minimum Gasteiger partial charge on any atom is -0.344 e. The van der Waals surface area contributed by atoms with Gasteiger partial charge in [-0.1, -0.05) is 38.8 Å². The first-order valence-electron chi connectivity index (χ1n) is 5.08. The van der Waals surface area contributed by atoms with Crippen molar-refractivity contribution in [1.29, 1.82) is 0 Å². The zero-order valence-electron chi connectivity index (χ0n) is 9.35. The lowest BCUT2D eigenvalue weighted by Gasteiger charge is -2.25. The molecule has 2 nitrogen and oxygen atoms in total. The molecule has 0 bridgehead atoms. The summed E-state index contributed by atoms with van der Waals surface area (Å²) in [5.74, 6) is 0.00565. The van der Waals surface area contributed by atoms with Gasteiger partial charge >= 0.3 is 0 Å². The number of carbonyl (C=O) groups excluding carboxylic acids is 1. The molecule has 1 N–H and O–H groups in total. The van der Waals surface area contributed by atoms with Crippen molar-refractivity contribution in [2.24, 2.45) is 0 Å². The Labute approximate surface area is 117 Å². The number of nitrogens with one attached hydrogen (secondary N) is 1. The summed E-state index contributed by atoms with van der Waals surface area (Å²) in [6, 6.07) is 3.90. The summed E-state index contributed by atoms with van der Waals surface area (Å²) < 4.78 is 0. The molecule has 0 aliphatic rings. The van der Waals surface area contributed by atoms with Crippen LogP contribution in [0.25, 0.3) is 0 Å². The zero-order chi connectivity index (χ0) is 12.2. The van der Waals surface area contributed by atoms with Crippen molar-refractivity contribution >= 4 is 49.1 Å². The molecule has 0 fully saturated rings. The maximum absolute atomic E-state index is 12.0. The second kappa shape index (κ2) is 6.17. The highest BCUT2D eigenvalue weighted by Gasteiger charge is 2.24. The first kappa shape index (κ1) is 14.2. The first-order chi connectivity index (χ1) is 7.54. The molecule has 0 radical (unpaired) electrons. The van der Waals surface area contributed by atoms with Crippen molar-refractivity contribution in [3.63, 3.8) is 0 Å². The van der Waals surface area contributed by atoms with Gasteiger partial charge in [-0.3, -0.25) is 4.79 Å². The Morgan fingerprint density at radius 1 is 1.44 bits per heavy atom. The molecule has 1 aromatic heterocycles. The molecule has 1 amide bonds. The van der Waals surface area contributed by atoms with Crippen LogP contribution in [0.3, 0.4) is 0 Å². The van der Waals surface area contributed by atoms with E-state index in [2.05, 4.69) is 44.1 Å². The molecule has 1 heterocycles. The second-order valence-electron chi connectivity index (χ2n) is 3.90. The lowest BCUT2D eigenvalue weighted by atomic mass is 10.1. The highest BCUT2D eigenvalue weighted by atomic mass is 79.9. The van der Waals surface area contributed by atoms with Crippen molar-refractivity contribution in [3.05, 3.63) is 21.9 Å². The number of alkyl halides is 2. The molecule has 90 valence electrons. The van der Waals surface area contributed by atoms with Gasteiger partial charge in [0, 0.05) is 15.5 Å². The lowest BCUT2D eigenvalue weighted by Crippen LogP contribution is -2.48. The van der Waals surface area contributed by atoms with E-state index in [9.17, 15) is 4.79 Å². The molecule has 0 spiro atoms. The Kier molecular flexibility index (Phi) is 5.47. The molecule has 0 aliphatic heterocycles. The number of amides is 1. The van der Waals surface area contributed by atoms with Crippen LogP contribution in [0.4, 0.5) is 0 Å². The van der Waals surface area contributed by atoms with Crippen LogP contribution in [0.1, 0.15) is 28.4 Å². The van der Waals surface area contributed by atoms with E-state index in [1.165, 1.54) is 4.88 Å². The average Bonchev–Trinajstić information content (AvgIpc) is 2.77. The van der Waals surface area contributed by atoms with E-state index in [0.717, 1.165) is 22.0 Å². The summed E-state index contributed by atoms with van der Waals surface area (Å²) in [6.07, 6.45) is 0.978. The highest BCUT2D eigenvalue weighted by molar-refractivity contribution is 9.09. The molecule has 1 rings (SSSR count). The number of aryl methyl sites for hydroxylation is 1. The van der Waals surface area contributed by atoms with Gasteiger partial charge in [-0.15, -0.1) is 11.3 Å². The molecule has 1 aromatic rings. The van der Waals surface area contributed by atoms with Crippen molar-refractivity contribution < 1.29 is 4.79 Å². The van der Waals surface area contributed by atoms with Crippen LogP contribution in [-0.2, 0) is 6.42 Å². The normalized spacial score (nSPS) is 11.5. The molecule has 0 atom stereocenters. The Balaban J connectivity index is 2.71. The minimum absolute atomic E-state index is 0.00565. The van der Waals surface area contributed by atoms with Gasteiger partial charge < -0.3 is 5.32 Å². The van der Waals surface area contributed by atoms with Gasteiger partial charge in [0.05, 0.1) is 10.4 Å². The molecular formula is C11H15Br2NOS. The van der Waals surface area contributed by atoms with E-state index in [1.807, 2.05) is 19.1 Å². The monoisotopic (exact) mass is 367 g/mol. The van der Waals surface area contributed by atoms with E-state index in [1.54, 1.807) is 11.3 Å². The van der Waals surface area contributed by atoms with Gasteiger partial charge in [-0.2, -0.15) is 0 Å². The number of halogens is 2. The fraction of sp³-hybridized carbons (Fsp3) is 0.545. The molecule has 5 heteroatoms. The van der Waals surface area contributed by atoms with Gasteiger partial charge in [-0.25, -0.2) is 0 Å². The smallest absolute Gasteiger partial charge is 0.261 e. The van der Waals surface area contributed by atoms with Gasteiger partial charge in [0.15, 0.2) is 0 Å². The van der Waals surface area contributed by atoms with Crippen molar-refractivity contribution in [3.8, 4) is 0 Å². The molecule has 0 saturated heterocycles. The fourth-order valence-electron chi connectivity index (χ4n) is 1.13. The van der Waals surface area contributed by atoms with E-state index >= 15 is 0 Å². The van der Waals surface area contributed by atoms with Gasteiger partial charge in [0.25, 0.3) is 5.91 Å². The topological polar surface area (TPSA) is 29.1 Å². The SMILES string of the molecule is CCc1ccc(C(=O)NC(C)(CBr)CBr)s1. The minimum atomic E-state index is -0.243. The summed E-state index contributed by atoms with van der Waals surface area (Å²) in [5.41, 5.74) is -0.243. The Bertz CT molecular complexity index is 361. The predicted octanol–water partition coefficient (Wildman–Crippen LogP) is 3.59. The standard InChI is InChI=1S/C11H15Br2NOS/c1-3-8-4-5-9(16-8)10(15)14-11(2,6-12)7-13/h4-5H,3,6-7H2,1-2H3,(H,14,15). The van der Waals surface area contributed by atoms with E-state index < -0.39 is 0 Å². The molecular weight excluding hydrogens is 354 g/mol. The van der Waals surface area contributed by atoms with Crippen LogP contribution in [0.2, 0.25) is 0 Å². The first-order valence-corrected chi connectivity index (χ1v) is 8.13. The maximum atomic E-state index is 12.0. The van der Waals surface area contributed by atoms with Gasteiger partial charge in [0.2, 0.25) is 0 Å². The molecule has 0 unspecified atom stereocenters. The van der Waals surface area contributed by atoms with Crippen molar-refractivity contribution in [1.82, 2.24) is 5.32 Å². The van der Waals surface area contributed by atoms with Gasteiger partial charge in [-0.05, 0) is 25.5 Å². The summed E-state index contributed by atoms with van der Waals surface area (Å²) in [4.78, 5) is 14.0. The van der Waals surface area contributed by atoms with Gasteiger partial charge in [0.1, 0.15) is 0 Å². The largest absolute Gasteiger partial charge is 0.344 e. The number of hydrogen-bond donors (Lipinski definition) is 1. The quantitative estimate of drug-likeness (QED) is 0.790. The van der Waals surface area contributed by atoms with Crippen LogP contribution < -0.4 is 5.32 Å². The molecule has 0 saturated carbocycles. The summed E-state index contributed by atoms with van der Waals surface area (Å²) in [7, 11) is 0. The number of thiophene rings is 1. The van der Waals surface area contributed by atoms with E-state index in [-0.39, 0.29) is 11.4 Å². The third-order valence-corrected chi connectivity index (χ3v) is 5.94. The second-order valence-corrected chi connectivity index (χ2v) is 6.19. The highest BCUT2D eigenvalue weighted by Crippen LogP contribution is 2.19. The number of rotatable bonds is 5. The number of carbonyl (C=O) groups is 1. The maximum Gasteiger partial charge on any atom is 0.261 e. The van der Waals surface area contributed by atoms with Crippen LogP contribution in [0.5, 0.6) is 0 Å². The van der Waals surface area contributed by atoms with Crippen LogP contribution in [0.15, 0.2) is 12.1 Å². The van der Waals surface area contributed by atoms with Crippen LogP contribution in [0, 0.1) is 0 Å². The summed E-state index contributed by atoms with van der Waals surface area (Å²) in [6.45, 7) is 4.09. The van der Waals surface area contributed by atoms with Crippen molar-refractivity contribution in [2.45, 2.75) is 25.8 Å². The summed E-state index contributed by atoms with van der Waals surface area (Å²) >= 11 is 8.38. The fourth-order valence-corrected chi connectivity index (χ4v) is 3.18. The average molecular weight is 369 g/mol. The Morgan fingerprint density at radius 2 is 2.06 bits per heavy atom. The molecule has 0 aromatic carbocycles. The third-order valence-electron chi connectivity index (χ3n) is 2.24. The molecule has 0 aliphatic carbocycles. The third kappa shape index (κ3) is 3.57. The number of hydrogen-bond acceptors (Lipinski definition) is 2. The Hall–Kier alpha value is 0.130. The van der Waals surface area contributed by atoms with Crippen LogP contribution >= 0.6 is 43.2 Å². The lowest BCUT2D eigenvalue weighted by molar-refractivity contribution is 0.0927.